The summed E-state index contributed by atoms with van der Waals surface area (Å²) in [6.45, 7) is 2.40. The van der Waals surface area contributed by atoms with Crippen LogP contribution in [-0.4, -0.2) is 36.5 Å². The minimum Gasteiger partial charge on any atom is -0.378 e. The van der Waals surface area contributed by atoms with Gasteiger partial charge in [-0.2, -0.15) is 0 Å². The van der Waals surface area contributed by atoms with Gasteiger partial charge in [0, 0.05) is 36.9 Å². The van der Waals surface area contributed by atoms with E-state index < -0.39 is 0 Å². The van der Waals surface area contributed by atoms with Crippen LogP contribution < -0.4 is 4.90 Å². The Hall–Kier alpha value is -2.73. The molecule has 2 aromatic carbocycles. The Morgan fingerprint density at radius 3 is 2.43 bits per heavy atom. The van der Waals surface area contributed by atoms with Crippen molar-refractivity contribution >= 4 is 17.2 Å². The van der Waals surface area contributed by atoms with Gasteiger partial charge < -0.3 is 9.64 Å². The van der Waals surface area contributed by atoms with Crippen molar-refractivity contribution in [2.45, 2.75) is 31.8 Å². The molecule has 6 heteroatoms. The maximum Gasteiger partial charge on any atom is 0.293 e. The van der Waals surface area contributed by atoms with Gasteiger partial charge >= 0.3 is 0 Å². The topological polar surface area (TPSA) is 72.7 Å². The van der Waals surface area contributed by atoms with Gasteiger partial charge in [-0.3, -0.25) is 14.9 Å². The van der Waals surface area contributed by atoms with E-state index in [1.165, 1.54) is 6.07 Å². The first-order valence-corrected chi connectivity index (χ1v) is 9.88. The van der Waals surface area contributed by atoms with Crippen LogP contribution in [0, 0.1) is 16.0 Å². The lowest BCUT2D eigenvalue weighted by Gasteiger charge is -2.35. The van der Waals surface area contributed by atoms with Crippen molar-refractivity contribution in [3.8, 4) is 0 Å². The number of carbonyl (C=O) groups excluding carboxylic acids is 1. The lowest BCUT2D eigenvalue weighted by atomic mass is 9.89. The number of hydrogen-bond donors (Lipinski definition) is 0. The predicted molar refractivity (Wildman–Crippen MR) is 107 cm³/mol. The molecule has 28 heavy (non-hydrogen) atoms. The molecule has 1 atom stereocenters. The Morgan fingerprint density at radius 2 is 1.79 bits per heavy atom. The van der Waals surface area contributed by atoms with E-state index in [2.05, 4.69) is 4.90 Å². The summed E-state index contributed by atoms with van der Waals surface area (Å²) >= 11 is 0. The summed E-state index contributed by atoms with van der Waals surface area (Å²) in [6.07, 6.45) is 4.57. The first kappa shape index (κ1) is 18.6. The number of rotatable bonds is 5. The van der Waals surface area contributed by atoms with Crippen LogP contribution in [0.15, 0.2) is 48.5 Å². The van der Waals surface area contributed by atoms with Gasteiger partial charge in [-0.15, -0.1) is 0 Å². The predicted octanol–water partition coefficient (Wildman–Crippen LogP) is 4.22. The van der Waals surface area contributed by atoms with Crippen molar-refractivity contribution < 1.29 is 14.5 Å². The molecule has 1 unspecified atom stereocenters. The average molecular weight is 380 g/mol. The number of nitro groups is 1. The number of nitro benzene ring substituents is 1. The molecule has 6 nitrogen and oxygen atoms in total. The highest BCUT2D eigenvalue weighted by Crippen LogP contribution is 2.35. The number of ether oxygens (including phenoxy) is 1. The molecular weight excluding hydrogens is 356 g/mol. The van der Waals surface area contributed by atoms with Gasteiger partial charge in [-0.25, -0.2) is 0 Å². The third-order valence-corrected chi connectivity index (χ3v) is 5.84. The Labute approximate surface area is 164 Å². The standard InChI is InChI=1S/C22H24N2O4/c25-22(17-5-2-1-3-6-17)18-8-9-19(20(15-18)24(26)27)23-12-10-16(11-13-23)21-7-4-14-28-21/h1-3,5-6,8-9,15-16,21H,4,7,10-14H2. The SMILES string of the molecule is O=C(c1ccccc1)c1ccc(N2CCC(C3CCCO3)CC2)c([N+](=O)[O-])c1. The molecule has 2 heterocycles. The third kappa shape index (κ3) is 3.78. The molecule has 2 aromatic rings. The summed E-state index contributed by atoms with van der Waals surface area (Å²) in [4.78, 5) is 26.0. The van der Waals surface area contributed by atoms with Crippen LogP contribution in [0.4, 0.5) is 11.4 Å². The van der Waals surface area contributed by atoms with E-state index in [0.29, 0.717) is 28.8 Å². The third-order valence-electron chi connectivity index (χ3n) is 5.84. The fourth-order valence-electron chi connectivity index (χ4n) is 4.32. The summed E-state index contributed by atoms with van der Waals surface area (Å²) in [6, 6.07) is 13.7. The molecule has 0 amide bonds. The summed E-state index contributed by atoms with van der Waals surface area (Å²) in [7, 11) is 0. The van der Waals surface area contributed by atoms with E-state index in [1.54, 1.807) is 36.4 Å². The highest BCUT2D eigenvalue weighted by Gasteiger charge is 2.31. The van der Waals surface area contributed by atoms with Crippen molar-refractivity contribution in [1.82, 2.24) is 0 Å². The number of nitrogens with zero attached hydrogens (tertiary/aromatic N) is 2. The van der Waals surface area contributed by atoms with Gasteiger partial charge in [0.05, 0.1) is 11.0 Å². The molecule has 2 saturated heterocycles. The molecule has 2 aliphatic heterocycles. The van der Waals surface area contributed by atoms with Crippen LogP contribution in [-0.2, 0) is 4.74 Å². The largest absolute Gasteiger partial charge is 0.378 e. The second-order valence-electron chi connectivity index (χ2n) is 7.53. The van der Waals surface area contributed by atoms with Gasteiger partial charge in [0.25, 0.3) is 5.69 Å². The monoisotopic (exact) mass is 380 g/mol. The van der Waals surface area contributed by atoms with E-state index >= 15 is 0 Å². The number of hydrogen-bond acceptors (Lipinski definition) is 5. The van der Waals surface area contributed by atoms with Crippen LogP contribution in [0.3, 0.4) is 0 Å². The maximum absolute atomic E-state index is 12.6. The lowest BCUT2D eigenvalue weighted by molar-refractivity contribution is -0.384. The second kappa shape index (κ2) is 8.10. The van der Waals surface area contributed by atoms with E-state index in [4.69, 9.17) is 4.74 Å². The number of anilines is 1. The Balaban J connectivity index is 1.53. The quantitative estimate of drug-likeness (QED) is 0.441. The molecule has 0 aromatic heterocycles. The zero-order valence-corrected chi connectivity index (χ0v) is 15.8. The van der Waals surface area contributed by atoms with E-state index in [0.717, 1.165) is 45.4 Å². The number of carbonyl (C=O) groups is 1. The normalized spacial score (nSPS) is 20.3. The van der Waals surface area contributed by atoms with Crippen LogP contribution in [0.2, 0.25) is 0 Å². The molecule has 2 aliphatic rings. The van der Waals surface area contributed by atoms with Crippen molar-refractivity contribution in [3.63, 3.8) is 0 Å². The van der Waals surface area contributed by atoms with Gasteiger partial charge in [0.15, 0.2) is 5.78 Å². The van der Waals surface area contributed by atoms with Crippen LogP contribution in [0.25, 0.3) is 0 Å². The fraction of sp³-hybridized carbons (Fsp3) is 0.409. The molecule has 0 N–H and O–H groups in total. The van der Waals surface area contributed by atoms with E-state index in [9.17, 15) is 14.9 Å². The fourth-order valence-corrected chi connectivity index (χ4v) is 4.32. The maximum atomic E-state index is 12.6. The van der Waals surface area contributed by atoms with E-state index in [-0.39, 0.29) is 16.4 Å². The van der Waals surface area contributed by atoms with Crippen molar-refractivity contribution in [1.29, 1.82) is 0 Å². The van der Waals surface area contributed by atoms with Gasteiger partial charge in [0.1, 0.15) is 5.69 Å². The Kier molecular flexibility index (Phi) is 5.39. The van der Waals surface area contributed by atoms with Crippen molar-refractivity contribution in [2.24, 2.45) is 5.92 Å². The first-order chi connectivity index (χ1) is 13.6. The van der Waals surface area contributed by atoms with Crippen LogP contribution >= 0.6 is 0 Å². The van der Waals surface area contributed by atoms with Crippen molar-refractivity contribution in [2.75, 3.05) is 24.6 Å². The zero-order chi connectivity index (χ0) is 19.5. The molecule has 146 valence electrons. The minimum atomic E-state index is -0.386. The molecular formula is C22H24N2O4. The van der Waals surface area contributed by atoms with Crippen LogP contribution in [0.1, 0.15) is 41.6 Å². The van der Waals surface area contributed by atoms with E-state index in [1.807, 2.05) is 6.07 Å². The van der Waals surface area contributed by atoms with Crippen LogP contribution in [0.5, 0.6) is 0 Å². The molecule has 0 bridgehead atoms. The summed E-state index contributed by atoms with van der Waals surface area (Å²) in [5.41, 5.74) is 1.47. The summed E-state index contributed by atoms with van der Waals surface area (Å²) in [5, 5.41) is 11.7. The molecule has 0 aliphatic carbocycles. The highest BCUT2D eigenvalue weighted by molar-refractivity contribution is 6.09. The first-order valence-electron chi connectivity index (χ1n) is 9.88. The molecule has 0 radical (unpaired) electrons. The lowest BCUT2D eigenvalue weighted by Crippen LogP contribution is -2.38. The molecule has 4 rings (SSSR count). The smallest absolute Gasteiger partial charge is 0.293 e. The van der Waals surface area contributed by atoms with Gasteiger partial charge in [-0.05, 0) is 43.7 Å². The average Bonchev–Trinajstić information content (AvgIpc) is 3.28. The zero-order valence-electron chi connectivity index (χ0n) is 15.8. The number of piperidine rings is 1. The Bertz CT molecular complexity index is 854. The summed E-state index contributed by atoms with van der Waals surface area (Å²) in [5.74, 6) is 0.337. The van der Waals surface area contributed by atoms with Crippen molar-refractivity contribution in [3.05, 3.63) is 69.8 Å². The van der Waals surface area contributed by atoms with Gasteiger partial charge in [0.2, 0.25) is 0 Å². The highest BCUT2D eigenvalue weighted by atomic mass is 16.6. The van der Waals surface area contributed by atoms with Gasteiger partial charge in [-0.1, -0.05) is 30.3 Å². The summed E-state index contributed by atoms with van der Waals surface area (Å²) < 4.78 is 5.82. The minimum absolute atomic E-state index is 0.00246. The second-order valence-corrected chi connectivity index (χ2v) is 7.53. The number of ketones is 1. The number of benzene rings is 2. The molecule has 0 spiro atoms. The Morgan fingerprint density at radius 1 is 1.04 bits per heavy atom. The molecule has 2 fully saturated rings. The molecule has 0 saturated carbocycles.